The Morgan fingerprint density at radius 2 is 1.79 bits per heavy atom. The van der Waals surface area contributed by atoms with Crippen LogP contribution in [0.3, 0.4) is 0 Å². The van der Waals surface area contributed by atoms with Crippen LogP contribution in [0.2, 0.25) is 0 Å². The molecule has 0 fully saturated rings. The van der Waals surface area contributed by atoms with Gasteiger partial charge in [0.1, 0.15) is 5.82 Å². The molecule has 0 spiro atoms. The molecule has 0 bridgehead atoms. The number of aromatic nitrogens is 4. The van der Waals surface area contributed by atoms with Crippen LogP contribution in [0, 0.1) is 6.92 Å². The molecule has 0 saturated carbocycles. The number of methoxy groups -OCH3 is 2. The fourth-order valence-corrected chi connectivity index (χ4v) is 4.00. The van der Waals surface area contributed by atoms with E-state index in [4.69, 9.17) is 9.47 Å². The molecule has 0 aliphatic carbocycles. The second kappa shape index (κ2) is 10.2. The molecule has 8 nitrogen and oxygen atoms in total. The molecule has 9 heteroatoms. The van der Waals surface area contributed by atoms with Gasteiger partial charge in [0.15, 0.2) is 22.5 Å². The van der Waals surface area contributed by atoms with E-state index in [1.807, 2.05) is 72.2 Å². The molecule has 1 amide bonds. The van der Waals surface area contributed by atoms with Crippen LogP contribution in [0.5, 0.6) is 11.5 Å². The first kappa shape index (κ1) is 22.3. The van der Waals surface area contributed by atoms with E-state index in [0.29, 0.717) is 28.3 Å². The lowest BCUT2D eigenvalue weighted by atomic mass is 10.2. The van der Waals surface area contributed by atoms with E-state index in [1.165, 1.54) is 11.8 Å². The van der Waals surface area contributed by atoms with Gasteiger partial charge in [0.2, 0.25) is 5.91 Å². The number of nitrogens with one attached hydrogen (secondary N) is 1. The number of carbonyl (C=O) groups excluding carboxylic acids is 1. The predicted octanol–water partition coefficient (Wildman–Crippen LogP) is 4.39. The van der Waals surface area contributed by atoms with Gasteiger partial charge in [0.25, 0.3) is 0 Å². The maximum absolute atomic E-state index is 12.5. The van der Waals surface area contributed by atoms with Crippen molar-refractivity contribution in [2.75, 3.05) is 25.3 Å². The molecule has 2 aromatic carbocycles. The van der Waals surface area contributed by atoms with Crippen LogP contribution in [-0.4, -0.2) is 45.6 Å². The number of aryl methyl sites for hydroxylation is 1. The second-order valence-electron chi connectivity index (χ2n) is 7.10. The number of ether oxygens (including phenoxy) is 2. The maximum Gasteiger partial charge on any atom is 0.236 e. The number of hydrogen-bond acceptors (Lipinski definition) is 7. The van der Waals surface area contributed by atoms with Crippen LogP contribution < -0.4 is 14.8 Å². The number of para-hydroxylation sites is 1. The summed E-state index contributed by atoms with van der Waals surface area (Å²) in [5.74, 6) is 2.36. The standard InChI is InChI=1S/C24H23N5O3S/c1-16-11-12-25-21(13-16)26-22(30)15-33-24-28-27-23(29(24)18-7-5-4-6-8-18)17-9-10-19(31-2)20(14-17)32-3/h4-14H,15H2,1-3H3,(H,25,26,30). The average Bonchev–Trinajstić information content (AvgIpc) is 3.27. The second-order valence-corrected chi connectivity index (χ2v) is 8.04. The number of amides is 1. The Bertz CT molecular complexity index is 1260. The molecular formula is C24H23N5O3S. The third-order valence-corrected chi connectivity index (χ3v) is 5.73. The summed E-state index contributed by atoms with van der Waals surface area (Å²) < 4.78 is 12.7. The van der Waals surface area contributed by atoms with Gasteiger partial charge in [-0.15, -0.1) is 10.2 Å². The van der Waals surface area contributed by atoms with E-state index in [9.17, 15) is 4.79 Å². The van der Waals surface area contributed by atoms with E-state index >= 15 is 0 Å². The zero-order valence-electron chi connectivity index (χ0n) is 18.5. The van der Waals surface area contributed by atoms with E-state index < -0.39 is 0 Å². The number of benzene rings is 2. The van der Waals surface area contributed by atoms with Crippen LogP contribution in [0.15, 0.2) is 72.0 Å². The number of thioether (sulfide) groups is 1. The number of pyridine rings is 1. The summed E-state index contributed by atoms with van der Waals surface area (Å²) in [6.45, 7) is 1.95. The molecule has 0 saturated heterocycles. The predicted molar refractivity (Wildman–Crippen MR) is 128 cm³/mol. The minimum Gasteiger partial charge on any atom is -0.493 e. The molecule has 2 aromatic heterocycles. The largest absolute Gasteiger partial charge is 0.493 e. The summed E-state index contributed by atoms with van der Waals surface area (Å²) in [7, 11) is 3.18. The SMILES string of the molecule is COc1ccc(-c2nnc(SCC(=O)Nc3cc(C)ccn3)n2-c2ccccc2)cc1OC. The zero-order chi connectivity index (χ0) is 23.2. The smallest absolute Gasteiger partial charge is 0.236 e. The highest BCUT2D eigenvalue weighted by atomic mass is 32.2. The normalized spacial score (nSPS) is 10.6. The fourth-order valence-electron chi connectivity index (χ4n) is 3.25. The van der Waals surface area contributed by atoms with Gasteiger partial charge in [-0.25, -0.2) is 4.98 Å². The van der Waals surface area contributed by atoms with Gasteiger partial charge in [0.05, 0.1) is 20.0 Å². The molecule has 168 valence electrons. The Hall–Kier alpha value is -3.85. The molecular weight excluding hydrogens is 438 g/mol. The van der Waals surface area contributed by atoms with Crippen molar-refractivity contribution in [1.29, 1.82) is 0 Å². The lowest BCUT2D eigenvalue weighted by Crippen LogP contribution is -2.15. The minimum absolute atomic E-state index is 0.159. The minimum atomic E-state index is -0.173. The Labute approximate surface area is 196 Å². The van der Waals surface area contributed by atoms with Gasteiger partial charge < -0.3 is 14.8 Å². The van der Waals surface area contributed by atoms with E-state index in [-0.39, 0.29) is 11.7 Å². The highest BCUT2D eigenvalue weighted by Gasteiger charge is 2.19. The summed E-state index contributed by atoms with van der Waals surface area (Å²) in [5, 5.41) is 12.2. The highest BCUT2D eigenvalue weighted by molar-refractivity contribution is 7.99. The molecule has 0 atom stereocenters. The molecule has 1 N–H and O–H groups in total. The number of anilines is 1. The lowest BCUT2D eigenvalue weighted by Gasteiger charge is -2.12. The van der Waals surface area contributed by atoms with E-state index in [0.717, 1.165) is 16.8 Å². The third kappa shape index (κ3) is 5.15. The number of rotatable bonds is 8. The Morgan fingerprint density at radius 3 is 2.52 bits per heavy atom. The Morgan fingerprint density at radius 1 is 1.00 bits per heavy atom. The van der Waals surface area contributed by atoms with Gasteiger partial charge in [-0.05, 0) is 55.0 Å². The molecule has 4 aromatic rings. The maximum atomic E-state index is 12.5. The van der Waals surface area contributed by atoms with Crippen molar-refractivity contribution in [2.45, 2.75) is 12.1 Å². The Balaban J connectivity index is 1.63. The molecule has 0 aliphatic heterocycles. The van der Waals surface area contributed by atoms with E-state index in [2.05, 4.69) is 20.5 Å². The van der Waals surface area contributed by atoms with Gasteiger partial charge in [-0.2, -0.15) is 0 Å². The first-order valence-electron chi connectivity index (χ1n) is 10.2. The highest BCUT2D eigenvalue weighted by Crippen LogP contribution is 2.34. The quantitative estimate of drug-likeness (QED) is 0.389. The average molecular weight is 462 g/mol. The first-order chi connectivity index (χ1) is 16.1. The van der Waals surface area contributed by atoms with Crippen molar-refractivity contribution < 1.29 is 14.3 Å². The Kier molecular flexibility index (Phi) is 6.89. The summed E-state index contributed by atoms with van der Waals surface area (Å²) in [5.41, 5.74) is 2.72. The van der Waals surface area contributed by atoms with Crippen LogP contribution in [0.4, 0.5) is 5.82 Å². The van der Waals surface area contributed by atoms with Gasteiger partial charge in [-0.1, -0.05) is 30.0 Å². The molecule has 0 radical (unpaired) electrons. The van der Waals surface area contributed by atoms with Crippen LogP contribution >= 0.6 is 11.8 Å². The van der Waals surface area contributed by atoms with Crippen LogP contribution in [-0.2, 0) is 4.79 Å². The zero-order valence-corrected chi connectivity index (χ0v) is 19.3. The summed E-state index contributed by atoms with van der Waals surface area (Å²) in [6, 6.07) is 19.0. The van der Waals surface area contributed by atoms with Crippen molar-refractivity contribution in [3.8, 4) is 28.6 Å². The van der Waals surface area contributed by atoms with Crippen molar-refractivity contribution in [3.05, 3.63) is 72.4 Å². The molecule has 33 heavy (non-hydrogen) atoms. The van der Waals surface area contributed by atoms with Crippen molar-refractivity contribution in [1.82, 2.24) is 19.7 Å². The van der Waals surface area contributed by atoms with Gasteiger partial charge in [-0.3, -0.25) is 9.36 Å². The van der Waals surface area contributed by atoms with Crippen molar-refractivity contribution in [2.24, 2.45) is 0 Å². The summed E-state index contributed by atoms with van der Waals surface area (Å²) in [6.07, 6.45) is 1.67. The van der Waals surface area contributed by atoms with Crippen LogP contribution in [0.25, 0.3) is 17.1 Å². The lowest BCUT2D eigenvalue weighted by molar-refractivity contribution is -0.113. The van der Waals surface area contributed by atoms with Gasteiger partial charge >= 0.3 is 0 Å². The fraction of sp³-hybridized carbons (Fsp3) is 0.167. The van der Waals surface area contributed by atoms with Gasteiger partial charge in [0, 0.05) is 17.4 Å². The number of carbonyl (C=O) groups is 1. The van der Waals surface area contributed by atoms with E-state index in [1.54, 1.807) is 20.4 Å². The molecule has 4 rings (SSSR count). The summed E-state index contributed by atoms with van der Waals surface area (Å²) in [4.78, 5) is 16.7. The number of hydrogen-bond donors (Lipinski definition) is 1. The molecule has 0 unspecified atom stereocenters. The number of nitrogens with zero attached hydrogens (tertiary/aromatic N) is 4. The first-order valence-corrected chi connectivity index (χ1v) is 11.2. The third-order valence-electron chi connectivity index (χ3n) is 4.80. The van der Waals surface area contributed by atoms with Crippen molar-refractivity contribution in [3.63, 3.8) is 0 Å². The molecule has 2 heterocycles. The topological polar surface area (TPSA) is 91.2 Å². The molecule has 0 aliphatic rings. The van der Waals surface area contributed by atoms with Crippen molar-refractivity contribution >= 4 is 23.5 Å². The van der Waals surface area contributed by atoms with Crippen LogP contribution in [0.1, 0.15) is 5.56 Å². The monoisotopic (exact) mass is 461 g/mol. The summed E-state index contributed by atoms with van der Waals surface area (Å²) >= 11 is 1.30.